The molecule has 0 spiro atoms. The van der Waals surface area contributed by atoms with E-state index in [0.717, 1.165) is 31.8 Å². The van der Waals surface area contributed by atoms with Crippen molar-refractivity contribution in [3.05, 3.63) is 24.3 Å². The van der Waals surface area contributed by atoms with Gasteiger partial charge in [-0.15, -0.1) is 12.4 Å². The number of rotatable bonds is 6. The van der Waals surface area contributed by atoms with Crippen molar-refractivity contribution in [2.24, 2.45) is 5.92 Å². The Balaban J connectivity index is 0.00000242. The van der Waals surface area contributed by atoms with Crippen molar-refractivity contribution in [2.45, 2.75) is 19.4 Å². The van der Waals surface area contributed by atoms with Crippen molar-refractivity contribution >= 4 is 18.3 Å². The lowest BCUT2D eigenvalue weighted by atomic mass is 10.1. The summed E-state index contributed by atoms with van der Waals surface area (Å²) in [5, 5.41) is 3.17. The lowest BCUT2D eigenvalue weighted by molar-refractivity contribution is -0.137. The second-order valence-electron chi connectivity index (χ2n) is 5.43. The maximum Gasteiger partial charge on any atom is 0.263 e. The molecule has 0 aromatic heterocycles. The molecule has 2 atom stereocenters. The maximum absolute atomic E-state index is 12.4. The number of benzene rings is 1. The normalized spacial score (nSPS) is 18.5. The number of amides is 1. The van der Waals surface area contributed by atoms with Gasteiger partial charge in [0.1, 0.15) is 11.5 Å². The lowest BCUT2D eigenvalue weighted by Gasteiger charge is -2.22. The molecule has 1 aromatic carbocycles. The van der Waals surface area contributed by atoms with Gasteiger partial charge in [0.05, 0.1) is 7.11 Å². The fourth-order valence-corrected chi connectivity index (χ4v) is 2.65. The number of nitrogens with zero attached hydrogens (tertiary/aromatic N) is 1. The smallest absolute Gasteiger partial charge is 0.263 e. The van der Waals surface area contributed by atoms with Gasteiger partial charge in [-0.25, -0.2) is 0 Å². The molecule has 0 aliphatic carbocycles. The van der Waals surface area contributed by atoms with Gasteiger partial charge in [0, 0.05) is 13.1 Å². The largest absolute Gasteiger partial charge is 0.497 e. The van der Waals surface area contributed by atoms with Gasteiger partial charge in [-0.2, -0.15) is 0 Å². The van der Waals surface area contributed by atoms with E-state index in [1.54, 1.807) is 14.0 Å². The number of nitrogens with one attached hydrogen (secondary N) is 1. The van der Waals surface area contributed by atoms with Gasteiger partial charge in [-0.3, -0.25) is 4.79 Å². The highest BCUT2D eigenvalue weighted by atomic mass is 35.5. The van der Waals surface area contributed by atoms with Crippen LogP contribution in [-0.2, 0) is 4.79 Å². The zero-order chi connectivity index (χ0) is 15.2. The second-order valence-corrected chi connectivity index (χ2v) is 5.43. The van der Waals surface area contributed by atoms with Crippen molar-refractivity contribution in [1.29, 1.82) is 0 Å². The molecular weight excluding hydrogens is 304 g/mol. The predicted molar refractivity (Wildman–Crippen MR) is 88.9 cm³/mol. The van der Waals surface area contributed by atoms with Crippen molar-refractivity contribution in [3.63, 3.8) is 0 Å². The molecule has 0 radical (unpaired) electrons. The molecule has 22 heavy (non-hydrogen) atoms. The predicted octanol–water partition coefficient (Wildman–Crippen LogP) is 1.95. The van der Waals surface area contributed by atoms with Crippen LogP contribution in [0.5, 0.6) is 11.5 Å². The Morgan fingerprint density at radius 1 is 1.36 bits per heavy atom. The van der Waals surface area contributed by atoms with Crippen LogP contribution in [-0.4, -0.2) is 50.7 Å². The van der Waals surface area contributed by atoms with Gasteiger partial charge in [0.2, 0.25) is 0 Å². The first-order chi connectivity index (χ1) is 10.1. The molecule has 1 aliphatic heterocycles. The highest BCUT2D eigenvalue weighted by molar-refractivity contribution is 5.85. The SMILES string of the molecule is CNCC1CCN(C(=O)C(C)Oc2ccc(OC)cc2)C1.Cl. The second kappa shape index (κ2) is 8.86. The molecular formula is C16H25ClN2O3. The van der Waals surface area contributed by atoms with Crippen molar-refractivity contribution < 1.29 is 14.3 Å². The molecule has 1 amide bonds. The van der Waals surface area contributed by atoms with E-state index >= 15 is 0 Å². The highest BCUT2D eigenvalue weighted by Gasteiger charge is 2.29. The highest BCUT2D eigenvalue weighted by Crippen LogP contribution is 2.20. The van der Waals surface area contributed by atoms with Crippen LogP contribution < -0.4 is 14.8 Å². The van der Waals surface area contributed by atoms with Crippen LogP contribution in [0.25, 0.3) is 0 Å². The molecule has 1 N–H and O–H groups in total. The van der Waals surface area contributed by atoms with Crippen LogP contribution in [0, 0.1) is 5.92 Å². The minimum Gasteiger partial charge on any atom is -0.497 e. The van der Waals surface area contributed by atoms with Crippen molar-refractivity contribution in [3.8, 4) is 11.5 Å². The van der Waals surface area contributed by atoms with Gasteiger partial charge < -0.3 is 19.7 Å². The third-order valence-corrected chi connectivity index (χ3v) is 3.81. The van der Waals surface area contributed by atoms with E-state index in [9.17, 15) is 4.79 Å². The molecule has 1 saturated heterocycles. The Labute approximate surface area is 138 Å². The molecule has 1 aliphatic rings. The first kappa shape index (κ1) is 18.6. The summed E-state index contributed by atoms with van der Waals surface area (Å²) in [6.07, 6.45) is 0.591. The maximum atomic E-state index is 12.4. The van der Waals surface area contributed by atoms with Gasteiger partial charge >= 0.3 is 0 Å². The van der Waals surface area contributed by atoms with Crippen LogP contribution in [0.4, 0.5) is 0 Å². The number of methoxy groups -OCH3 is 1. The van der Waals surface area contributed by atoms with Crippen LogP contribution >= 0.6 is 12.4 Å². The molecule has 0 bridgehead atoms. The summed E-state index contributed by atoms with van der Waals surface area (Å²) in [6.45, 7) is 4.40. The van der Waals surface area contributed by atoms with Gasteiger partial charge in [0.15, 0.2) is 6.10 Å². The Morgan fingerprint density at radius 3 is 2.59 bits per heavy atom. The fourth-order valence-electron chi connectivity index (χ4n) is 2.65. The van der Waals surface area contributed by atoms with E-state index in [2.05, 4.69) is 5.32 Å². The van der Waals surface area contributed by atoms with Crippen LogP contribution in [0.1, 0.15) is 13.3 Å². The zero-order valence-electron chi connectivity index (χ0n) is 13.4. The molecule has 1 heterocycles. The molecule has 2 unspecified atom stereocenters. The molecule has 1 aromatic rings. The topological polar surface area (TPSA) is 50.8 Å². The number of likely N-dealkylation sites (tertiary alicyclic amines) is 1. The van der Waals surface area contributed by atoms with Crippen LogP contribution in [0.3, 0.4) is 0 Å². The average Bonchev–Trinajstić information content (AvgIpc) is 2.96. The summed E-state index contributed by atoms with van der Waals surface area (Å²) in [5.74, 6) is 2.06. The van der Waals surface area contributed by atoms with E-state index in [0.29, 0.717) is 11.7 Å². The molecule has 1 fully saturated rings. The van der Waals surface area contributed by atoms with Crippen molar-refractivity contribution in [2.75, 3.05) is 33.8 Å². The molecule has 0 saturated carbocycles. The number of carbonyl (C=O) groups is 1. The number of ether oxygens (including phenoxy) is 2. The number of halogens is 1. The zero-order valence-corrected chi connectivity index (χ0v) is 14.2. The standard InChI is InChI=1S/C16H24N2O3.ClH/c1-12(21-15-6-4-14(20-3)5-7-15)16(19)18-9-8-13(11-18)10-17-2;/h4-7,12-13,17H,8-11H2,1-3H3;1H. The Bertz CT molecular complexity index is 467. The summed E-state index contributed by atoms with van der Waals surface area (Å²) in [7, 11) is 3.57. The van der Waals surface area contributed by atoms with Crippen LogP contribution in [0.2, 0.25) is 0 Å². The fraction of sp³-hybridized carbons (Fsp3) is 0.562. The third-order valence-electron chi connectivity index (χ3n) is 3.81. The molecule has 2 rings (SSSR count). The number of hydrogen-bond donors (Lipinski definition) is 1. The first-order valence-corrected chi connectivity index (χ1v) is 7.38. The summed E-state index contributed by atoms with van der Waals surface area (Å²) in [6, 6.07) is 7.28. The average molecular weight is 329 g/mol. The summed E-state index contributed by atoms with van der Waals surface area (Å²) >= 11 is 0. The first-order valence-electron chi connectivity index (χ1n) is 7.38. The lowest BCUT2D eigenvalue weighted by Crippen LogP contribution is -2.39. The minimum absolute atomic E-state index is 0. The van der Waals surface area contributed by atoms with Gasteiger partial charge in [-0.05, 0) is 57.1 Å². The van der Waals surface area contributed by atoms with E-state index in [1.807, 2.05) is 36.2 Å². The van der Waals surface area contributed by atoms with Crippen LogP contribution in [0.15, 0.2) is 24.3 Å². The van der Waals surface area contributed by atoms with E-state index in [4.69, 9.17) is 9.47 Å². The molecule has 6 heteroatoms. The van der Waals surface area contributed by atoms with E-state index in [-0.39, 0.29) is 18.3 Å². The third kappa shape index (κ3) is 4.78. The van der Waals surface area contributed by atoms with Gasteiger partial charge in [-0.1, -0.05) is 0 Å². The van der Waals surface area contributed by atoms with Crippen molar-refractivity contribution in [1.82, 2.24) is 10.2 Å². The number of hydrogen-bond acceptors (Lipinski definition) is 4. The minimum atomic E-state index is -0.466. The Morgan fingerprint density at radius 2 is 2.00 bits per heavy atom. The summed E-state index contributed by atoms with van der Waals surface area (Å²) in [4.78, 5) is 14.3. The molecule has 124 valence electrons. The van der Waals surface area contributed by atoms with E-state index < -0.39 is 6.10 Å². The number of carbonyl (C=O) groups excluding carboxylic acids is 1. The summed E-state index contributed by atoms with van der Waals surface area (Å²) in [5.41, 5.74) is 0. The Hall–Kier alpha value is -1.46. The monoisotopic (exact) mass is 328 g/mol. The molecule has 5 nitrogen and oxygen atoms in total. The quantitative estimate of drug-likeness (QED) is 0.867. The summed E-state index contributed by atoms with van der Waals surface area (Å²) < 4.78 is 10.8. The van der Waals surface area contributed by atoms with E-state index in [1.165, 1.54) is 0 Å². The van der Waals surface area contributed by atoms with Gasteiger partial charge in [0.25, 0.3) is 5.91 Å². The Kier molecular flexibility index (Phi) is 7.48.